The monoisotopic (exact) mass is 337 g/mol. The highest BCUT2D eigenvalue weighted by molar-refractivity contribution is 5.93. The molecule has 1 heterocycles. The van der Waals surface area contributed by atoms with Crippen molar-refractivity contribution in [1.82, 2.24) is 0 Å². The van der Waals surface area contributed by atoms with Gasteiger partial charge in [-0.15, -0.1) is 0 Å². The minimum absolute atomic E-state index is 0.0831. The molecule has 0 saturated carbocycles. The number of carbonyl (C=O) groups excluding carboxylic acids is 1. The summed E-state index contributed by atoms with van der Waals surface area (Å²) in [6.45, 7) is 1.94. The van der Waals surface area contributed by atoms with Gasteiger partial charge in [0, 0.05) is 11.6 Å². The van der Waals surface area contributed by atoms with Gasteiger partial charge in [-0.2, -0.15) is 0 Å². The molecule has 3 atom stereocenters. The number of allylic oxidation sites excluding steroid dienone is 2. The quantitative estimate of drug-likeness (QED) is 0.635. The summed E-state index contributed by atoms with van der Waals surface area (Å²) in [5.74, 6) is 0.132. The highest BCUT2D eigenvalue weighted by atomic mass is 19.1. The second-order valence-electron chi connectivity index (χ2n) is 6.72. The molecule has 0 fully saturated rings. The molecule has 0 bridgehead atoms. The number of methoxy groups -OCH3 is 1. The number of hydrogen-bond donors (Lipinski definition) is 1. The van der Waals surface area contributed by atoms with Gasteiger partial charge >= 0.3 is 5.97 Å². The zero-order valence-corrected chi connectivity index (χ0v) is 14.3. The topological polar surface area (TPSA) is 38.3 Å². The first kappa shape index (κ1) is 15.9. The Morgan fingerprint density at radius 1 is 1.20 bits per heavy atom. The number of anilines is 1. The molecule has 0 aromatic heterocycles. The largest absolute Gasteiger partial charge is 0.465 e. The number of rotatable bonds is 2. The molecule has 0 amide bonds. The SMILES string of the molecule is COC(=O)c1ccc2c(c1C)N[C@H](c1ccc(F)cc1)[C@H]1CC=C[C@@H]21. The first-order valence-electron chi connectivity index (χ1n) is 8.50. The zero-order valence-electron chi connectivity index (χ0n) is 14.3. The van der Waals surface area contributed by atoms with E-state index in [0.29, 0.717) is 17.4 Å². The normalized spacial score (nSPS) is 23.6. The van der Waals surface area contributed by atoms with Crippen LogP contribution in [0.2, 0.25) is 0 Å². The van der Waals surface area contributed by atoms with E-state index in [1.54, 1.807) is 0 Å². The van der Waals surface area contributed by atoms with E-state index < -0.39 is 0 Å². The van der Waals surface area contributed by atoms with Crippen LogP contribution in [0.15, 0.2) is 48.6 Å². The minimum Gasteiger partial charge on any atom is -0.465 e. The Labute approximate surface area is 146 Å². The minimum atomic E-state index is -0.329. The molecule has 2 aromatic rings. The van der Waals surface area contributed by atoms with Crippen LogP contribution in [0.25, 0.3) is 0 Å². The van der Waals surface area contributed by atoms with E-state index in [0.717, 1.165) is 23.2 Å². The van der Waals surface area contributed by atoms with Crippen LogP contribution in [-0.2, 0) is 4.74 Å². The van der Waals surface area contributed by atoms with E-state index >= 15 is 0 Å². The maximum Gasteiger partial charge on any atom is 0.338 e. The molecule has 2 aliphatic rings. The van der Waals surface area contributed by atoms with Crippen molar-refractivity contribution >= 4 is 11.7 Å². The van der Waals surface area contributed by atoms with Gasteiger partial charge in [0.05, 0.1) is 18.7 Å². The van der Waals surface area contributed by atoms with Crippen molar-refractivity contribution in [2.24, 2.45) is 5.92 Å². The van der Waals surface area contributed by atoms with Crippen molar-refractivity contribution in [3.8, 4) is 0 Å². The lowest BCUT2D eigenvalue weighted by Crippen LogP contribution is -2.30. The average Bonchev–Trinajstić information content (AvgIpc) is 3.12. The molecule has 1 aliphatic heterocycles. The molecular formula is C21H20FNO2. The van der Waals surface area contributed by atoms with Gasteiger partial charge in [0.1, 0.15) is 5.82 Å². The number of hydrogen-bond acceptors (Lipinski definition) is 3. The molecule has 4 rings (SSSR count). The smallest absolute Gasteiger partial charge is 0.338 e. The van der Waals surface area contributed by atoms with Gasteiger partial charge in [0.2, 0.25) is 0 Å². The summed E-state index contributed by atoms with van der Waals surface area (Å²) in [7, 11) is 1.39. The Balaban J connectivity index is 1.81. The van der Waals surface area contributed by atoms with Crippen molar-refractivity contribution < 1.29 is 13.9 Å². The van der Waals surface area contributed by atoms with E-state index in [1.807, 2.05) is 31.2 Å². The Kier molecular flexibility index (Phi) is 3.83. The van der Waals surface area contributed by atoms with E-state index in [1.165, 1.54) is 24.8 Å². The van der Waals surface area contributed by atoms with Gasteiger partial charge in [-0.3, -0.25) is 0 Å². The second-order valence-corrected chi connectivity index (χ2v) is 6.72. The van der Waals surface area contributed by atoms with E-state index in [2.05, 4.69) is 17.5 Å². The maximum absolute atomic E-state index is 13.3. The fourth-order valence-electron chi connectivity index (χ4n) is 4.15. The van der Waals surface area contributed by atoms with Crippen LogP contribution in [0.5, 0.6) is 0 Å². The van der Waals surface area contributed by atoms with Gasteiger partial charge in [-0.25, -0.2) is 9.18 Å². The predicted octanol–water partition coefficient (Wildman–Crippen LogP) is 4.75. The van der Waals surface area contributed by atoms with E-state index in [9.17, 15) is 9.18 Å². The summed E-state index contributed by atoms with van der Waals surface area (Å²) in [4.78, 5) is 12.0. The molecular weight excluding hydrogens is 317 g/mol. The number of benzene rings is 2. The van der Waals surface area contributed by atoms with Gasteiger partial charge in [0.25, 0.3) is 0 Å². The lowest BCUT2D eigenvalue weighted by atomic mass is 9.76. The van der Waals surface area contributed by atoms with Crippen LogP contribution < -0.4 is 5.32 Å². The lowest BCUT2D eigenvalue weighted by molar-refractivity contribution is 0.0600. The maximum atomic E-state index is 13.3. The molecule has 2 aromatic carbocycles. The van der Waals surface area contributed by atoms with Crippen LogP contribution >= 0.6 is 0 Å². The number of esters is 1. The van der Waals surface area contributed by atoms with Crippen molar-refractivity contribution in [2.45, 2.75) is 25.3 Å². The standard InChI is InChI=1S/C21H20FNO2/c1-12-15(21(24)25-2)10-11-18-16-4-3-5-17(16)20(23-19(12)18)13-6-8-14(22)9-7-13/h3-4,6-11,16-17,20,23H,5H2,1-2H3/t16-,17+,20-/m1/s1. The van der Waals surface area contributed by atoms with Crippen LogP contribution in [-0.4, -0.2) is 13.1 Å². The summed E-state index contributed by atoms with van der Waals surface area (Å²) in [5, 5.41) is 3.62. The van der Waals surface area contributed by atoms with Crippen molar-refractivity contribution in [3.63, 3.8) is 0 Å². The second kappa shape index (κ2) is 6.03. The summed E-state index contributed by atoms with van der Waals surface area (Å²) in [6, 6.07) is 10.6. The molecule has 4 heteroatoms. The zero-order chi connectivity index (χ0) is 17.6. The number of nitrogens with one attached hydrogen (secondary N) is 1. The summed E-state index contributed by atoms with van der Waals surface area (Å²) >= 11 is 0. The summed E-state index contributed by atoms with van der Waals surface area (Å²) in [6.07, 6.45) is 5.45. The molecule has 0 spiro atoms. The molecule has 128 valence electrons. The number of carbonyl (C=O) groups is 1. The predicted molar refractivity (Wildman–Crippen MR) is 95.3 cm³/mol. The average molecular weight is 337 g/mol. The Hall–Kier alpha value is -2.62. The number of fused-ring (bicyclic) bond motifs is 3. The Bertz CT molecular complexity index is 857. The molecule has 1 N–H and O–H groups in total. The van der Waals surface area contributed by atoms with Gasteiger partial charge in [0.15, 0.2) is 0 Å². The molecule has 0 unspecified atom stereocenters. The lowest BCUT2D eigenvalue weighted by Gasteiger charge is -2.38. The van der Waals surface area contributed by atoms with Crippen molar-refractivity contribution in [1.29, 1.82) is 0 Å². The first-order chi connectivity index (χ1) is 12.1. The Morgan fingerprint density at radius 3 is 2.68 bits per heavy atom. The molecule has 25 heavy (non-hydrogen) atoms. The summed E-state index contributed by atoms with van der Waals surface area (Å²) < 4.78 is 18.2. The van der Waals surface area contributed by atoms with Gasteiger partial charge < -0.3 is 10.1 Å². The van der Waals surface area contributed by atoms with Gasteiger partial charge in [-0.1, -0.05) is 30.4 Å². The van der Waals surface area contributed by atoms with E-state index in [4.69, 9.17) is 4.74 Å². The molecule has 0 saturated heterocycles. The number of halogens is 1. The van der Waals surface area contributed by atoms with Crippen LogP contribution in [0.3, 0.4) is 0 Å². The Morgan fingerprint density at radius 2 is 1.96 bits per heavy atom. The van der Waals surface area contributed by atoms with Crippen LogP contribution in [0.4, 0.5) is 10.1 Å². The molecule has 0 radical (unpaired) electrons. The first-order valence-corrected chi connectivity index (χ1v) is 8.50. The fourth-order valence-corrected chi connectivity index (χ4v) is 4.15. The third kappa shape index (κ3) is 2.53. The van der Waals surface area contributed by atoms with Gasteiger partial charge in [-0.05, 0) is 54.2 Å². The highest BCUT2D eigenvalue weighted by Crippen LogP contribution is 2.50. The molecule has 3 nitrogen and oxygen atoms in total. The third-order valence-electron chi connectivity index (χ3n) is 5.43. The highest BCUT2D eigenvalue weighted by Gasteiger charge is 2.39. The van der Waals surface area contributed by atoms with Crippen molar-refractivity contribution in [2.75, 3.05) is 12.4 Å². The van der Waals surface area contributed by atoms with Crippen molar-refractivity contribution in [3.05, 3.63) is 76.6 Å². The van der Waals surface area contributed by atoms with Crippen LogP contribution in [0, 0.1) is 18.7 Å². The number of ether oxygens (including phenoxy) is 1. The third-order valence-corrected chi connectivity index (χ3v) is 5.43. The molecule has 1 aliphatic carbocycles. The summed E-state index contributed by atoms with van der Waals surface area (Å²) in [5.41, 5.74) is 4.74. The fraction of sp³-hybridized carbons (Fsp3) is 0.286. The van der Waals surface area contributed by atoms with Crippen LogP contribution in [0.1, 0.15) is 45.4 Å². The van der Waals surface area contributed by atoms with E-state index in [-0.39, 0.29) is 17.8 Å².